The van der Waals surface area contributed by atoms with Gasteiger partial charge in [-0.3, -0.25) is 0 Å². The lowest BCUT2D eigenvalue weighted by Gasteiger charge is -2.25. The lowest BCUT2D eigenvalue weighted by Crippen LogP contribution is -2.26. The fraction of sp³-hybridized carbons (Fsp3) is 0.579. The largest absolute Gasteiger partial charge is 0.381 e. The molecule has 1 aromatic heterocycles. The third kappa shape index (κ3) is 2.68. The van der Waals surface area contributed by atoms with Gasteiger partial charge in [-0.05, 0) is 68.8 Å². The number of hydrogen-bond acceptors (Lipinski definition) is 2. The van der Waals surface area contributed by atoms with E-state index < -0.39 is 0 Å². The van der Waals surface area contributed by atoms with Crippen LogP contribution in [0.5, 0.6) is 0 Å². The topological polar surface area (TPSA) is 17.4 Å². The maximum absolute atomic E-state index is 5.52. The molecule has 2 aliphatic heterocycles. The van der Waals surface area contributed by atoms with Crippen LogP contribution in [0.25, 0.3) is 10.9 Å². The van der Waals surface area contributed by atoms with E-state index in [0.717, 1.165) is 32.1 Å². The zero-order valence-electron chi connectivity index (χ0n) is 13.5. The highest BCUT2D eigenvalue weighted by Gasteiger charge is 2.21. The highest BCUT2D eigenvalue weighted by Crippen LogP contribution is 2.28. The Balaban J connectivity index is 1.61. The second-order valence-electron chi connectivity index (χ2n) is 6.94. The highest BCUT2D eigenvalue weighted by atomic mass is 16.5. The summed E-state index contributed by atoms with van der Waals surface area (Å²) in [5.41, 5.74) is 2.89. The normalized spacial score (nSPS) is 24.3. The van der Waals surface area contributed by atoms with E-state index in [4.69, 9.17) is 4.74 Å². The highest BCUT2D eigenvalue weighted by molar-refractivity contribution is 5.81. The van der Waals surface area contributed by atoms with Gasteiger partial charge in [-0.1, -0.05) is 12.1 Å². The maximum Gasteiger partial charge on any atom is 0.0485 e. The van der Waals surface area contributed by atoms with Gasteiger partial charge in [-0.25, -0.2) is 0 Å². The Kier molecular flexibility index (Phi) is 3.93. The molecule has 3 nitrogen and oxygen atoms in total. The Labute approximate surface area is 132 Å². The standard InChI is InChI=1S/C19H26N2O/c1-20-9-2-3-18(20)13-15-4-5-16-6-10-21(19(16)14-15)17-7-11-22-12-8-17/h4-6,10,14,17-18H,2-3,7-9,11-13H2,1H3/t18-/m0/s1. The molecular formula is C19H26N2O. The van der Waals surface area contributed by atoms with Gasteiger partial charge in [-0.2, -0.15) is 0 Å². The molecule has 3 heterocycles. The fourth-order valence-corrected chi connectivity index (χ4v) is 4.11. The van der Waals surface area contributed by atoms with Crippen LogP contribution < -0.4 is 0 Å². The summed E-state index contributed by atoms with van der Waals surface area (Å²) >= 11 is 0. The van der Waals surface area contributed by atoms with Crippen molar-refractivity contribution in [2.45, 2.75) is 44.2 Å². The molecule has 1 atom stereocenters. The van der Waals surface area contributed by atoms with Crippen LogP contribution >= 0.6 is 0 Å². The molecule has 0 saturated carbocycles. The first-order valence-electron chi connectivity index (χ1n) is 8.69. The molecule has 2 saturated heterocycles. The van der Waals surface area contributed by atoms with Crippen molar-refractivity contribution in [3.8, 4) is 0 Å². The van der Waals surface area contributed by atoms with Gasteiger partial charge < -0.3 is 14.2 Å². The van der Waals surface area contributed by atoms with Crippen LogP contribution in [0.1, 0.15) is 37.3 Å². The first-order valence-corrected chi connectivity index (χ1v) is 8.69. The molecule has 1 aromatic carbocycles. The van der Waals surface area contributed by atoms with Crippen molar-refractivity contribution in [2.24, 2.45) is 0 Å². The van der Waals surface area contributed by atoms with Crippen molar-refractivity contribution in [2.75, 3.05) is 26.8 Å². The fourth-order valence-electron chi connectivity index (χ4n) is 4.11. The van der Waals surface area contributed by atoms with Crippen molar-refractivity contribution < 1.29 is 4.74 Å². The first-order chi connectivity index (χ1) is 10.8. The number of hydrogen-bond donors (Lipinski definition) is 0. The molecule has 2 aliphatic rings. The molecular weight excluding hydrogens is 272 g/mol. The van der Waals surface area contributed by atoms with E-state index in [1.165, 1.54) is 42.3 Å². The minimum absolute atomic E-state index is 0.607. The number of rotatable bonds is 3. The van der Waals surface area contributed by atoms with Gasteiger partial charge in [0, 0.05) is 37.0 Å². The molecule has 0 aliphatic carbocycles. The second-order valence-corrected chi connectivity index (χ2v) is 6.94. The molecule has 0 amide bonds. The number of fused-ring (bicyclic) bond motifs is 1. The number of likely N-dealkylation sites (tertiary alicyclic amines) is 1. The average Bonchev–Trinajstić information content (AvgIpc) is 3.15. The van der Waals surface area contributed by atoms with Crippen molar-refractivity contribution in [1.82, 2.24) is 9.47 Å². The predicted molar refractivity (Wildman–Crippen MR) is 90.4 cm³/mol. The molecule has 2 fully saturated rings. The third-order valence-corrected chi connectivity index (χ3v) is 5.51. The molecule has 118 valence electrons. The first kappa shape index (κ1) is 14.3. The second kappa shape index (κ2) is 6.05. The zero-order chi connectivity index (χ0) is 14.9. The Bertz CT molecular complexity index is 642. The molecule has 22 heavy (non-hydrogen) atoms. The summed E-state index contributed by atoms with van der Waals surface area (Å²) in [6, 6.07) is 10.6. The van der Waals surface area contributed by atoms with E-state index in [9.17, 15) is 0 Å². The summed E-state index contributed by atoms with van der Waals surface area (Å²) in [5.74, 6) is 0. The van der Waals surface area contributed by atoms with Gasteiger partial charge in [0.1, 0.15) is 0 Å². The quantitative estimate of drug-likeness (QED) is 0.861. The number of benzene rings is 1. The lowest BCUT2D eigenvalue weighted by atomic mass is 10.0. The predicted octanol–water partition coefficient (Wildman–Crippen LogP) is 3.63. The number of likely N-dealkylation sites (N-methyl/N-ethyl adjacent to an activating group) is 1. The summed E-state index contributed by atoms with van der Waals surface area (Å²) in [6.45, 7) is 3.05. The molecule has 2 aromatic rings. The van der Waals surface area contributed by atoms with Gasteiger partial charge in [-0.15, -0.1) is 0 Å². The van der Waals surface area contributed by atoms with Crippen LogP contribution in [0.2, 0.25) is 0 Å². The Morgan fingerprint density at radius 1 is 1.14 bits per heavy atom. The van der Waals surface area contributed by atoms with E-state index in [-0.39, 0.29) is 0 Å². The summed E-state index contributed by atoms with van der Waals surface area (Å²) in [7, 11) is 2.26. The van der Waals surface area contributed by atoms with E-state index in [1.807, 2.05) is 0 Å². The Morgan fingerprint density at radius 3 is 2.77 bits per heavy atom. The number of aromatic nitrogens is 1. The molecule has 0 N–H and O–H groups in total. The number of nitrogens with zero attached hydrogens (tertiary/aromatic N) is 2. The van der Waals surface area contributed by atoms with Crippen molar-refractivity contribution in [3.05, 3.63) is 36.0 Å². The van der Waals surface area contributed by atoms with Gasteiger partial charge >= 0.3 is 0 Å². The molecule has 0 bridgehead atoms. The maximum atomic E-state index is 5.52. The van der Waals surface area contributed by atoms with Crippen LogP contribution in [0.3, 0.4) is 0 Å². The van der Waals surface area contributed by atoms with E-state index in [2.05, 4.69) is 47.0 Å². The lowest BCUT2D eigenvalue weighted by molar-refractivity contribution is 0.0707. The van der Waals surface area contributed by atoms with Crippen LogP contribution in [-0.4, -0.2) is 42.3 Å². The SMILES string of the molecule is CN1CCC[C@H]1Cc1ccc2ccn(C3CCOCC3)c2c1. The van der Waals surface area contributed by atoms with Crippen LogP contribution in [0.4, 0.5) is 0 Å². The smallest absolute Gasteiger partial charge is 0.0485 e. The molecule has 0 radical (unpaired) electrons. The zero-order valence-corrected chi connectivity index (χ0v) is 13.5. The third-order valence-electron chi connectivity index (χ3n) is 5.51. The molecule has 0 spiro atoms. The average molecular weight is 298 g/mol. The minimum atomic E-state index is 0.607. The number of ether oxygens (including phenoxy) is 1. The van der Waals surface area contributed by atoms with E-state index >= 15 is 0 Å². The van der Waals surface area contributed by atoms with E-state index in [1.54, 1.807) is 0 Å². The van der Waals surface area contributed by atoms with Gasteiger partial charge in [0.05, 0.1) is 0 Å². The van der Waals surface area contributed by atoms with Gasteiger partial charge in [0.25, 0.3) is 0 Å². The van der Waals surface area contributed by atoms with Crippen LogP contribution in [0.15, 0.2) is 30.5 Å². The minimum Gasteiger partial charge on any atom is -0.381 e. The summed E-state index contributed by atoms with van der Waals surface area (Å²) in [5, 5.41) is 1.37. The van der Waals surface area contributed by atoms with Crippen LogP contribution in [-0.2, 0) is 11.2 Å². The Hall–Kier alpha value is -1.32. The van der Waals surface area contributed by atoms with Gasteiger partial charge in [0.15, 0.2) is 0 Å². The van der Waals surface area contributed by atoms with Gasteiger partial charge in [0.2, 0.25) is 0 Å². The Morgan fingerprint density at radius 2 is 2.00 bits per heavy atom. The van der Waals surface area contributed by atoms with E-state index in [0.29, 0.717) is 6.04 Å². The summed E-state index contributed by atoms with van der Waals surface area (Å²) in [4.78, 5) is 2.52. The monoisotopic (exact) mass is 298 g/mol. The molecule has 0 unspecified atom stereocenters. The molecule has 3 heteroatoms. The summed E-state index contributed by atoms with van der Waals surface area (Å²) in [6.07, 6.45) is 8.42. The van der Waals surface area contributed by atoms with Crippen molar-refractivity contribution in [3.63, 3.8) is 0 Å². The van der Waals surface area contributed by atoms with Crippen molar-refractivity contribution >= 4 is 10.9 Å². The molecule has 4 rings (SSSR count). The van der Waals surface area contributed by atoms with Crippen molar-refractivity contribution in [1.29, 1.82) is 0 Å². The van der Waals surface area contributed by atoms with Crippen LogP contribution in [0, 0.1) is 0 Å². The summed E-state index contributed by atoms with van der Waals surface area (Å²) < 4.78 is 8.00.